The summed E-state index contributed by atoms with van der Waals surface area (Å²) in [6.07, 6.45) is 1.79. The van der Waals surface area contributed by atoms with Gasteiger partial charge in [-0.25, -0.2) is 0 Å². The van der Waals surface area contributed by atoms with Crippen LogP contribution in [0.2, 0.25) is 5.02 Å². The highest BCUT2D eigenvalue weighted by atomic mass is 35.5. The van der Waals surface area contributed by atoms with E-state index in [1.807, 2.05) is 6.07 Å². The summed E-state index contributed by atoms with van der Waals surface area (Å²) in [4.78, 5) is 2.29. The number of anilines is 1. The molecule has 2 N–H and O–H groups in total. The number of hydrogen-bond acceptors (Lipinski definition) is 3. The van der Waals surface area contributed by atoms with E-state index in [1.165, 1.54) is 0 Å². The Labute approximate surface area is 128 Å². The van der Waals surface area contributed by atoms with Crippen molar-refractivity contribution in [2.45, 2.75) is 45.7 Å². The Hall–Kier alpha value is -0.770. The fourth-order valence-corrected chi connectivity index (χ4v) is 2.43. The third-order valence-electron chi connectivity index (χ3n) is 3.53. The van der Waals surface area contributed by atoms with E-state index < -0.39 is 0 Å². The molecular weight excluding hydrogens is 272 g/mol. The van der Waals surface area contributed by atoms with Crippen LogP contribution in [0.15, 0.2) is 18.2 Å². The van der Waals surface area contributed by atoms with E-state index in [9.17, 15) is 0 Å². The molecule has 0 aliphatic carbocycles. The van der Waals surface area contributed by atoms with E-state index in [1.54, 1.807) is 7.11 Å². The SMILES string of the molecule is CCC(N)Cc1ccc(N(CCOC)C(C)C)cc1Cl. The Morgan fingerprint density at radius 2 is 2.05 bits per heavy atom. The van der Waals surface area contributed by atoms with Crippen molar-refractivity contribution in [3.63, 3.8) is 0 Å². The van der Waals surface area contributed by atoms with Gasteiger partial charge in [0.25, 0.3) is 0 Å². The number of benzene rings is 1. The summed E-state index contributed by atoms with van der Waals surface area (Å²) in [5.74, 6) is 0. The van der Waals surface area contributed by atoms with Gasteiger partial charge in [-0.2, -0.15) is 0 Å². The Balaban J connectivity index is 2.88. The second kappa shape index (κ2) is 8.50. The molecule has 0 amide bonds. The largest absolute Gasteiger partial charge is 0.383 e. The molecule has 114 valence electrons. The molecule has 0 aliphatic heterocycles. The van der Waals surface area contributed by atoms with E-state index in [2.05, 4.69) is 37.8 Å². The van der Waals surface area contributed by atoms with Crippen LogP contribution < -0.4 is 10.6 Å². The first-order chi connectivity index (χ1) is 9.49. The van der Waals surface area contributed by atoms with Crippen molar-refractivity contribution in [2.75, 3.05) is 25.2 Å². The van der Waals surface area contributed by atoms with Gasteiger partial charge in [0.2, 0.25) is 0 Å². The van der Waals surface area contributed by atoms with Crippen molar-refractivity contribution in [1.82, 2.24) is 0 Å². The van der Waals surface area contributed by atoms with Gasteiger partial charge in [-0.05, 0) is 44.4 Å². The fourth-order valence-electron chi connectivity index (χ4n) is 2.18. The van der Waals surface area contributed by atoms with Gasteiger partial charge < -0.3 is 15.4 Å². The first kappa shape index (κ1) is 17.3. The normalized spacial score (nSPS) is 12.8. The summed E-state index contributed by atoms with van der Waals surface area (Å²) >= 11 is 6.40. The van der Waals surface area contributed by atoms with Crippen LogP contribution in [-0.4, -0.2) is 32.3 Å². The highest BCUT2D eigenvalue weighted by Gasteiger charge is 2.13. The number of nitrogens with zero attached hydrogens (tertiary/aromatic N) is 1. The highest BCUT2D eigenvalue weighted by Crippen LogP contribution is 2.26. The van der Waals surface area contributed by atoms with Crippen LogP contribution in [0.5, 0.6) is 0 Å². The minimum atomic E-state index is 0.174. The average Bonchev–Trinajstić information content (AvgIpc) is 2.41. The van der Waals surface area contributed by atoms with Gasteiger partial charge in [0.15, 0.2) is 0 Å². The molecule has 0 heterocycles. The number of ether oxygens (including phenoxy) is 1. The van der Waals surface area contributed by atoms with Gasteiger partial charge in [0.05, 0.1) is 6.61 Å². The molecule has 4 heteroatoms. The van der Waals surface area contributed by atoms with Crippen LogP contribution in [0.3, 0.4) is 0 Å². The van der Waals surface area contributed by atoms with Crippen molar-refractivity contribution >= 4 is 17.3 Å². The van der Waals surface area contributed by atoms with Gasteiger partial charge in [-0.3, -0.25) is 0 Å². The maximum Gasteiger partial charge on any atom is 0.0637 e. The number of methoxy groups -OCH3 is 1. The smallest absolute Gasteiger partial charge is 0.0637 e. The molecule has 1 unspecified atom stereocenters. The first-order valence-electron chi connectivity index (χ1n) is 7.29. The Morgan fingerprint density at radius 3 is 2.55 bits per heavy atom. The van der Waals surface area contributed by atoms with Gasteiger partial charge in [-0.15, -0.1) is 0 Å². The number of hydrogen-bond donors (Lipinski definition) is 1. The summed E-state index contributed by atoms with van der Waals surface area (Å²) in [6, 6.07) is 6.84. The highest BCUT2D eigenvalue weighted by molar-refractivity contribution is 6.31. The number of rotatable bonds is 8. The van der Waals surface area contributed by atoms with E-state index in [0.29, 0.717) is 12.6 Å². The van der Waals surface area contributed by atoms with Gasteiger partial charge >= 0.3 is 0 Å². The number of nitrogens with two attached hydrogens (primary N) is 1. The van der Waals surface area contributed by atoms with Crippen molar-refractivity contribution in [3.05, 3.63) is 28.8 Å². The fraction of sp³-hybridized carbons (Fsp3) is 0.625. The monoisotopic (exact) mass is 298 g/mol. The van der Waals surface area contributed by atoms with Crippen molar-refractivity contribution in [1.29, 1.82) is 0 Å². The van der Waals surface area contributed by atoms with E-state index in [4.69, 9.17) is 22.1 Å². The zero-order valence-corrected chi connectivity index (χ0v) is 13.8. The summed E-state index contributed by atoms with van der Waals surface area (Å²) < 4.78 is 5.17. The summed E-state index contributed by atoms with van der Waals surface area (Å²) in [7, 11) is 1.72. The second-order valence-electron chi connectivity index (χ2n) is 5.43. The zero-order chi connectivity index (χ0) is 15.1. The molecule has 0 aromatic heterocycles. The first-order valence-corrected chi connectivity index (χ1v) is 7.67. The lowest BCUT2D eigenvalue weighted by molar-refractivity contribution is 0.204. The minimum absolute atomic E-state index is 0.174. The molecule has 0 spiro atoms. The zero-order valence-electron chi connectivity index (χ0n) is 13.0. The Kier molecular flexibility index (Phi) is 7.35. The van der Waals surface area contributed by atoms with Crippen LogP contribution in [0.4, 0.5) is 5.69 Å². The predicted molar refractivity (Wildman–Crippen MR) is 87.8 cm³/mol. The molecule has 0 saturated heterocycles. The molecule has 1 aromatic carbocycles. The molecule has 0 saturated carbocycles. The molecular formula is C16H27ClN2O. The lowest BCUT2D eigenvalue weighted by Gasteiger charge is -2.29. The molecule has 1 aromatic rings. The standard InChI is InChI=1S/C16H27ClN2O/c1-5-14(18)10-13-6-7-15(11-16(13)17)19(12(2)3)8-9-20-4/h6-7,11-12,14H,5,8-10,18H2,1-4H3. The van der Waals surface area contributed by atoms with Crippen LogP contribution in [0, 0.1) is 0 Å². The molecule has 20 heavy (non-hydrogen) atoms. The third-order valence-corrected chi connectivity index (χ3v) is 3.89. The van der Waals surface area contributed by atoms with E-state index in [0.717, 1.165) is 35.7 Å². The quantitative estimate of drug-likeness (QED) is 0.798. The van der Waals surface area contributed by atoms with Crippen molar-refractivity contribution in [2.24, 2.45) is 5.73 Å². The second-order valence-corrected chi connectivity index (χ2v) is 5.84. The lowest BCUT2D eigenvalue weighted by atomic mass is 10.0. The molecule has 3 nitrogen and oxygen atoms in total. The van der Waals surface area contributed by atoms with Gasteiger partial charge in [-0.1, -0.05) is 24.6 Å². The van der Waals surface area contributed by atoms with Crippen LogP contribution in [0.1, 0.15) is 32.8 Å². The number of halogens is 1. The summed E-state index contributed by atoms with van der Waals surface area (Å²) in [5.41, 5.74) is 8.26. The van der Waals surface area contributed by atoms with Crippen molar-refractivity contribution < 1.29 is 4.74 Å². The molecule has 0 radical (unpaired) electrons. The topological polar surface area (TPSA) is 38.5 Å². The Bertz CT molecular complexity index is 409. The molecule has 1 rings (SSSR count). The average molecular weight is 299 g/mol. The van der Waals surface area contributed by atoms with Crippen LogP contribution in [0.25, 0.3) is 0 Å². The molecule has 0 aliphatic rings. The molecule has 0 fully saturated rings. The minimum Gasteiger partial charge on any atom is -0.383 e. The molecule has 0 bridgehead atoms. The van der Waals surface area contributed by atoms with Crippen LogP contribution in [-0.2, 0) is 11.2 Å². The Morgan fingerprint density at radius 1 is 1.35 bits per heavy atom. The maximum atomic E-state index is 6.40. The van der Waals surface area contributed by atoms with E-state index in [-0.39, 0.29) is 6.04 Å². The predicted octanol–water partition coefficient (Wildman–Crippen LogP) is 3.48. The van der Waals surface area contributed by atoms with E-state index >= 15 is 0 Å². The van der Waals surface area contributed by atoms with Gasteiger partial charge in [0, 0.05) is 36.4 Å². The third kappa shape index (κ3) is 4.97. The molecule has 1 atom stereocenters. The van der Waals surface area contributed by atoms with Crippen LogP contribution >= 0.6 is 11.6 Å². The summed E-state index contributed by atoms with van der Waals surface area (Å²) in [5, 5.41) is 0.800. The lowest BCUT2D eigenvalue weighted by Crippen LogP contribution is -2.33. The summed E-state index contributed by atoms with van der Waals surface area (Å²) in [6.45, 7) is 8.00. The maximum absolute atomic E-state index is 6.40. The van der Waals surface area contributed by atoms with Crippen molar-refractivity contribution in [3.8, 4) is 0 Å². The van der Waals surface area contributed by atoms with Gasteiger partial charge in [0.1, 0.15) is 0 Å².